The fraction of sp³-hybridized carbons (Fsp3) is 0.250. The number of nitrogens with zero attached hydrogens (tertiary/aromatic N) is 2. The quantitative estimate of drug-likeness (QED) is 0.764. The van der Waals surface area contributed by atoms with E-state index in [1.807, 2.05) is 38.1 Å². The number of carbonyl (C=O) groups is 1. The monoisotopic (exact) mass is 232 g/mol. The lowest BCUT2D eigenvalue weighted by atomic mass is 10.1. The second kappa shape index (κ2) is 4.53. The van der Waals surface area contributed by atoms with Crippen LogP contribution in [0.4, 0.5) is 0 Å². The van der Waals surface area contributed by atoms with Gasteiger partial charge < -0.3 is 0 Å². The van der Waals surface area contributed by atoms with Gasteiger partial charge in [-0.05, 0) is 30.9 Å². The van der Waals surface area contributed by atoms with Crippen molar-refractivity contribution in [3.8, 4) is 0 Å². The molecule has 0 unspecified atom stereocenters. The molecule has 82 valence electrons. The zero-order chi connectivity index (χ0) is 11.5. The fourth-order valence-electron chi connectivity index (χ4n) is 1.46. The molecule has 1 aromatic carbocycles. The third kappa shape index (κ3) is 2.33. The highest BCUT2D eigenvalue weighted by Gasteiger charge is 2.13. The van der Waals surface area contributed by atoms with Gasteiger partial charge in [0, 0.05) is 6.42 Å². The van der Waals surface area contributed by atoms with Gasteiger partial charge in [0.1, 0.15) is 4.88 Å². The number of aromatic nitrogens is 2. The number of aryl methyl sites for hydroxylation is 2. The molecule has 2 aromatic rings. The fourth-order valence-corrected chi connectivity index (χ4v) is 2.05. The topological polar surface area (TPSA) is 42.9 Å². The van der Waals surface area contributed by atoms with Crippen molar-refractivity contribution in [3.05, 3.63) is 46.0 Å². The summed E-state index contributed by atoms with van der Waals surface area (Å²) in [6, 6.07) is 7.99. The smallest absolute Gasteiger partial charge is 0.180 e. The van der Waals surface area contributed by atoms with E-state index in [1.54, 1.807) is 0 Å². The van der Waals surface area contributed by atoms with Crippen LogP contribution in [0.5, 0.6) is 0 Å². The van der Waals surface area contributed by atoms with Crippen LogP contribution in [0.3, 0.4) is 0 Å². The van der Waals surface area contributed by atoms with Gasteiger partial charge >= 0.3 is 0 Å². The second-order valence-electron chi connectivity index (χ2n) is 3.77. The van der Waals surface area contributed by atoms with E-state index in [4.69, 9.17) is 0 Å². The SMILES string of the molecule is Cc1ccc(CC(=O)c2snnc2C)cc1. The Balaban J connectivity index is 2.14. The minimum Gasteiger partial charge on any atom is -0.293 e. The molecule has 0 aliphatic carbocycles. The van der Waals surface area contributed by atoms with Crippen LogP contribution in [-0.4, -0.2) is 15.4 Å². The van der Waals surface area contributed by atoms with E-state index in [0.29, 0.717) is 11.3 Å². The average molecular weight is 232 g/mol. The molecule has 0 saturated heterocycles. The molecule has 2 rings (SSSR count). The summed E-state index contributed by atoms with van der Waals surface area (Å²) in [7, 11) is 0. The molecule has 0 amide bonds. The molecule has 0 aliphatic rings. The number of hydrogen-bond acceptors (Lipinski definition) is 4. The molecule has 0 saturated carbocycles. The number of benzene rings is 1. The highest BCUT2D eigenvalue weighted by Crippen LogP contribution is 2.13. The Morgan fingerprint density at radius 1 is 1.25 bits per heavy atom. The largest absolute Gasteiger partial charge is 0.293 e. The van der Waals surface area contributed by atoms with E-state index in [1.165, 1.54) is 17.1 Å². The molecule has 0 atom stereocenters. The number of ketones is 1. The molecular weight excluding hydrogens is 220 g/mol. The number of carbonyl (C=O) groups excluding carboxylic acids is 1. The van der Waals surface area contributed by atoms with Crippen molar-refractivity contribution in [1.82, 2.24) is 9.59 Å². The molecule has 3 nitrogen and oxygen atoms in total. The first kappa shape index (κ1) is 11.0. The minimum absolute atomic E-state index is 0.0938. The van der Waals surface area contributed by atoms with Crippen molar-refractivity contribution in [3.63, 3.8) is 0 Å². The Morgan fingerprint density at radius 2 is 1.94 bits per heavy atom. The molecule has 16 heavy (non-hydrogen) atoms. The first-order valence-electron chi connectivity index (χ1n) is 5.04. The molecule has 0 fully saturated rings. The van der Waals surface area contributed by atoms with Gasteiger partial charge in [0.25, 0.3) is 0 Å². The standard InChI is InChI=1S/C12H12N2OS/c1-8-3-5-10(6-4-8)7-11(15)12-9(2)13-14-16-12/h3-6H,7H2,1-2H3. The summed E-state index contributed by atoms with van der Waals surface area (Å²) < 4.78 is 3.77. The van der Waals surface area contributed by atoms with Crippen molar-refractivity contribution in [2.24, 2.45) is 0 Å². The van der Waals surface area contributed by atoms with Gasteiger partial charge in [-0.25, -0.2) is 0 Å². The summed E-state index contributed by atoms with van der Waals surface area (Å²) in [6.07, 6.45) is 0.422. The summed E-state index contributed by atoms with van der Waals surface area (Å²) in [5.41, 5.74) is 2.96. The lowest BCUT2D eigenvalue weighted by molar-refractivity contribution is 0.0996. The van der Waals surface area contributed by atoms with E-state index in [9.17, 15) is 4.79 Å². The Hall–Kier alpha value is -1.55. The predicted molar refractivity (Wildman–Crippen MR) is 63.9 cm³/mol. The second-order valence-corrected chi connectivity index (χ2v) is 4.53. The first-order chi connectivity index (χ1) is 7.66. The van der Waals surface area contributed by atoms with E-state index in [0.717, 1.165) is 11.3 Å². The molecule has 0 N–H and O–H groups in total. The van der Waals surface area contributed by atoms with E-state index < -0.39 is 0 Å². The van der Waals surface area contributed by atoms with Crippen LogP contribution >= 0.6 is 11.5 Å². The molecule has 0 aliphatic heterocycles. The third-order valence-electron chi connectivity index (χ3n) is 2.39. The first-order valence-corrected chi connectivity index (χ1v) is 5.82. The van der Waals surface area contributed by atoms with Crippen molar-refractivity contribution in [2.45, 2.75) is 20.3 Å². The van der Waals surface area contributed by atoms with Crippen LogP contribution in [0, 0.1) is 13.8 Å². The van der Waals surface area contributed by atoms with Crippen LogP contribution < -0.4 is 0 Å². The molecule has 0 bridgehead atoms. The highest BCUT2D eigenvalue weighted by atomic mass is 32.1. The zero-order valence-electron chi connectivity index (χ0n) is 9.23. The Morgan fingerprint density at radius 3 is 2.50 bits per heavy atom. The third-order valence-corrected chi connectivity index (χ3v) is 3.26. The summed E-state index contributed by atoms with van der Waals surface area (Å²) in [6.45, 7) is 3.84. The maximum absolute atomic E-state index is 11.9. The van der Waals surface area contributed by atoms with Gasteiger partial charge in [-0.3, -0.25) is 4.79 Å². The summed E-state index contributed by atoms with van der Waals surface area (Å²) in [4.78, 5) is 12.6. The summed E-state index contributed by atoms with van der Waals surface area (Å²) in [5, 5.41) is 3.84. The van der Waals surface area contributed by atoms with Gasteiger partial charge in [-0.2, -0.15) is 0 Å². The summed E-state index contributed by atoms with van der Waals surface area (Å²) >= 11 is 1.17. The maximum Gasteiger partial charge on any atom is 0.180 e. The zero-order valence-corrected chi connectivity index (χ0v) is 10.0. The Bertz CT molecular complexity index is 502. The van der Waals surface area contributed by atoms with Crippen LogP contribution in [0.15, 0.2) is 24.3 Å². The van der Waals surface area contributed by atoms with Gasteiger partial charge in [0.15, 0.2) is 5.78 Å². The minimum atomic E-state index is 0.0938. The van der Waals surface area contributed by atoms with E-state index in [2.05, 4.69) is 9.59 Å². The molecule has 4 heteroatoms. The van der Waals surface area contributed by atoms with Gasteiger partial charge in [0.05, 0.1) is 5.69 Å². The molecule has 0 spiro atoms. The van der Waals surface area contributed by atoms with Crippen LogP contribution in [0.25, 0.3) is 0 Å². The maximum atomic E-state index is 11.9. The highest BCUT2D eigenvalue weighted by molar-refractivity contribution is 7.08. The van der Waals surface area contributed by atoms with Crippen LogP contribution in [0.2, 0.25) is 0 Å². The predicted octanol–water partition coefficient (Wildman–Crippen LogP) is 2.58. The summed E-state index contributed by atoms with van der Waals surface area (Å²) in [5.74, 6) is 0.0938. The van der Waals surface area contributed by atoms with Crippen LogP contribution in [0.1, 0.15) is 26.5 Å². The lowest BCUT2D eigenvalue weighted by Crippen LogP contribution is -2.03. The molecule has 1 aromatic heterocycles. The van der Waals surface area contributed by atoms with Gasteiger partial charge in [-0.15, -0.1) is 5.10 Å². The molecule has 0 radical (unpaired) electrons. The van der Waals surface area contributed by atoms with Crippen molar-refractivity contribution in [2.75, 3.05) is 0 Å². The van der Waals surface area contributed by atoms with Gasteiger partial charge in [-0.1, -0.05) is 34.3 Å². The van der Waals surface area contributed by atoms with E-state index in [-0.39, 0.29) is 5.78 Å². The van der Waals surface area contributed by atoms with E-state index >= 15 is 0 Å². The van der Waals surface area contributed by atoms with Crippen molar-refractivity contribution >= 4 is 17.3 Å². The average Bonchev–Trinajstić information content (AvgIpc) is 2.68. The Labute approximate surface area is 98.3 Å². The van der Waals surface area contributed by atoms with Gasteiger partial charge in [0.2, 0.25) is 0 Å². The number of hydrogen-bond donors (Lipinski definition) is 0. The Kier molecular flexibility index (Phi) is 3.10. The normalized spacial score (nSPS) is 10.4. The lowest BCUT2D eigenvalue weighted by Gasteiger charge is -2.00. The van der Waals surface area contributed by atoms with Crippen molar-refractivity contribution in [1.29, 1.82) is 0 Å². The van der Waals surface area contributed by atoms with Crippen molar-refractivity contribution < 1.29 is 4.79 Å². The number of Topliss-reactive ketones (excluding diaryl/α,β-unsaturated/α-hetero) is 1. The molecular formula is C12H12N2OS. The molecule has 1 heterocycles. The number of rotatable bonds is 3. The van der Waals surface area contributed by atoms with Crippen LogP contribution in [-0.2, 0) is 6.42 Å².